The molecule has 0 spiro atoms. The molecule has 0 amide bonds. The van der Waals surface area contributed by atoms with Crippen LogP contribution >= 0.6 is 11.6 Å². The average molecular weight is 371 g/mol. The highest BCUT2D eigenvalue weighted by atomic mass is 35.5. The number of fused-ring (bicyclic) bond motifs is 2. The van der Waals surface area contributed by atoms with Crippen LogP contribution in [0.25, 0.3) is 21.8 Å². The van der Waals surface area contributed by atoms with Gasteiger partial charge in [-0.15, -0.1) is 0 Å². The third kappa shape index (κ3) is 2.41. The molecule has 3 heteroatoms. The topological polar surface area (TPSA) is 31.6 Å². The normalized spacial score (nSPS) is 12.1. The van der Waals surface area contributed by atoms with Gasteiger partial charge in [-0.1, -0.05) is 60.1 Å². The van der Waals surface area contributed by atoms with E-state index in [1.165, 1.54) is 27.5 Å². The van der Waals surface area contributed by atoms with Gasteiger partial charge in [0, 0.05) is 44.6 Å². The third-order valence-corrected chi connectivity index (χ3v) is 5.93. The number of hydrogen-bond acceptors (Lipinski definition) is 0. The van der Waals surface area contributed by atoms with Gasteiger partial charge in [0.05, 0.1) is 0 Å². The molecule has 2 heterocycles. The van der Waals surface area contributed by atoms with E-state index in [-0.39, 0.29) is 5.41 Å². The Morgan fingerprint density at radius 1 is 0.667 bits per heavy atom. The van der Waals surface area contributed by atoms with Crippen molar-refractivity contribution in [2.24, 2.45) is 0 Å². The second kappa shape index (κ2) is 6.04. The van der Waals surface area contributed by atoms with Gasteiger partial charge < -0.3 is 9.97 Å². The molecule has 5 aromatic rings. The summed E-state index contributed by atoms with van der Waals surface area (Å²) in [6, 6.07) is 25.1. The number of hydrogen-bond donors (Lipinski definition) is 2. The Morgan fingerprint density at radius 2 is 1.15 bits per heavy atom. The first-order chi connectivity index (χ1) is 13.2. The average Bonchev–Trinajstić information content (AvgIpc) is 3.33. The van der Waals surface area contributed by atoms with Crippen molar-refractivity contribution in [3.63, 3.8) is 0 Å². The Hall–Kier alpha value is -2.97. The van der Waals surface area contributed by atoms with Gasteiger partial charge in [-0.05, 0) is 47.9 Å². The lowest BCUT2D eigenvalue weighted by Crippen LogP contribution is -2.24. The van der Waals surface area contributed by atoms with Crippen molar-refractivity contribution in [1.29, 1.82) is 0 Å². The molecule has 0 fully saturated rings. The van der Waals surface area contributed by atoms with E-state index in [2.05, 4.69) is 89.9 Å². The second-order valence-electron chi connectivity index (χ2n) is 7.13. The summed E-state index contributed by atoms with van der Waals surface area (Å²) in [7, 11) is 0. The van der Waals surface area contributed by atoms with Crippen LogP contribution in [0.1, 0.15) is 23.6 Å². The summed E-state index contributed by atoms with van der Waals surface area (Å²) in [5.41, 5.74) is 5.68. The number of nitrogens with one attached hydrogen (secondary N) is 2. The SMILES string of the molecule is CC(c1ccc(Cl)cc1)(c1c[nH]c2ccccc12)c1c[nH]c2ccccc12. The Labute approximate surface area is 162 Å². The zero-order valence-electron chi connectivity index (χ0n) is 15.0. The number of para-hydroxylation sites is 2. The van der Waals surface area contributed by atoms with Gasteiger partial charge in [-0.2, -0.15) is 0 Å². The van der Waals surface area contributed by atoms with Crippen LogP contribution in [0.4, 0.5) is 0 Å². The van der Waals surface area contributed by atoms with Crippen molar-refractivity contribution < 1.29 is 0 Å². The summed E-state index contributed by atoms with van der Waals surface area (Å²) in [4.78, 5) is 6.90. The van der Waals surface area contributed by atoms with Crippen LogP contribution in [0, 0.1) is 0 Å². The molecular weight excluding hydrogens is 352 g/mol. The fourth-order valence-corrected chi connectivity index (χ4v) is 4.34. The molecule has 0 radical (unpaired) electrons. The quantitative estimate of drug-likeness (QED) is 0.356. The molecule has 5 rings (SSSR count). The van der Waals surface area contributed by atoms with E-state index in [9.17, 15) is 0 Å². The van der Waals surface area contributed by atoms with Gasteiger partial charge in [0.2, 0.25) is 0 Å². The number of halogens is 1. The maximum absolute atomic E-state index is 6.19. The van der Waals surface area contributed by atoms with Crippen molar-refractivity contribution in [2.45, 2.75) is 12.3 Å². The first kappa shape index (κ1) is 16.2. The molecule has 132 valence electrons. The van der Waals surface area contributed by atoms with Crippen molar-refractivity contribution in [2.75, 3.05) is 0 Å². The zero-order valence-corrected chi connectivity index (χ0v) is 15.7. The highest BCUT2D eigenvalue weighted by Crippen LogP contribution is 2.44. The maximum Gasteiger partial charge on any atom is 0.0465 e. The fourth-order valence-electron chi connectivity index (χ4n) is 4.21. The van der Waals surface area contributed by atoms with Crippen molar-refractivity contribution in [3.05, 3.63) is 107 Å². The monoisotopic (exact) mass is 370 g/mol. The molecule has 2 nitrogen and oxygen atoms in total. The lowest BCUT2D eigenvalue weighted by molar-refractivity contribution is 0.705. The second-order valence-corrected chi connectivity index (χ2v) is 7.56. The smallest absolute Gasteiger partial charge is 0.0465 e. The summed E-state index contributed by atoms with van der Waals surface area (Å²) < 4.78 is 0. The van der Waals surface area contributed by atoms with Gasteiger partial charge in [0.1, 0.15) is 0 Å². The minimum atomic E-state index is -0.330. The molecule has 0 unspecified atom stereocenters. The molecule has 0 saturated carbocycles. The predicted molar refractivity (Wildman–Crippen MR) is 114 cm³/mol. The van der Waals surface area contributed by atoms with Crippen molar-refractivity contribution in [1.82, 2.24) is 9.97 Å². The molecule has 0 aliphatic rings. The number of rotatable bonds is 3. The number of H-pyrrole nitrogens is 2. The molecule has 0 saturated heterocycles. The lowest BCUT2D eigenvalue weighted by Gasteiger charge is -2.30. The Bertz CT molecular complexity index is 1170. The van der Waals surface area contributed by atoms with Crippen LogP contribution in [0.5, 0.6) is 0 Å². The fraction of sp³-hybridized carbons (Fsp3) is 0.0833. The lowest BCUT2D eigenvalue weighted by atomic mass is 9.71. The Balaban J connectivity index is 1.87. The minimum absolute atomic E-state index is 0.330. The first-order valence-corrected chi connectivity index (χ1v) is 9.45. The van der Waals surface area contributed by atoms with Crippen molar-refractivity contribution >= 4 is 33.4 Å². The third-order valence-electron chi connectivity index (χ3n) is 5.68. The van der Waals surface area contributed by atoms with Crippen LogP contribution < -0.4 is 0 Å². The number of aromatic nitrogens is 2. The van der Waals surface area contributed by atoms with E-state index >= 15 is 0 Å². The summed E-state index contributed by atoms with van der Waals surface area (Å²) in [5.74, 6) is 0. The van der Waals surface area contributed by atoms with Gasteiger partial charge in [0.25, 0.3) is 0 Å². The molecule has 0 aliphatic heterocycles. The molecule has 3 aromatic carbocycles. The summed E-state index contributed by atoms with van der Waals surface area (Å²) in [6.45, 7) is 2.29. The molecule has 27 heavy (non-hydrogen) atoms. The minimum Gasteiger partial charge on any atom is -0.361 e. The van der Waals surface area contributed by atoms with E-state index < -0.39 is 0 Å². The van der Waals surface area contributed by atoms with Crippen LogP contribution in [0.2, 0.25) is 5.02 Å². The van der Waals surface area contributed by atoms with Crippen LogP contribution in [-0.2, 0) is 5.41 Å². The van der Waals surface area contributed by atoms with Gasteiger partial charge in [-0.3, -0.25) is 0 Å². The largest absolute Gasteiger partial charge is 0.361 e. The molecule has 0 aliphatic carbocycles. The predicted octanol–water partition coefficient (Wildman–Crippen LogP) is 6.66. The summed E-state index contributed by atoms with van der Waals surface area (Å²) in [6.07, 6.45) is 4.28. The van der Waals surface area contributed by atoms with Crippen LogP contribution in [0.15, 0.2) is 85.2 Å². The zero-order chi connectivity index (χ0) is 18.4. The van der Waals surface area contributed by atoms with Crippen LogP contribution in [-0.4, -0.2) is 9.97 Å². The highest BCUT2D eigenvalue weighted by molar-refractivity contribution is 6.30. The van der Waals surface area contributed by atoms with E-state index in [1.807, 2.05) is 12.1 Å². The first-order valence-electron chi connectivity index (χ1n) is 9.07. The van der Waals surface area contributed by atoms with Gasteiger partial charge >= 0.3 is 0 Å². The Kier molecular flexibility index (Phi) is 3.63. The van der Waals surface area contributed by atoms with E-state index in [0.717, 1.165) is 16.1 Å². The van der Waals surface area contributed by atoms with Crippen molar-refractivity contribution in [3.8, 4) is 0 Å². The standard InChI is InChI=1S/C24H19ClN2/c1-24(16-10-12-17(25)13-11-16,20-14-26-22-8-4-2-6-18(20)22)21-15-27-23-9-5-3-7-19(21)23/h2-15,26-27H,1H3. The van der Waals surface area contributed by atoms with Gasteiger partial charge in [-0.25, -0.2) is 0 Å². The van der Waals surface area contributed by atoms with E-state index in [1.54, 1.807) is 0 Å². The molecular formula is C24H19ClN2. The maximum atomic E-state index is 6.19. The summed E-state index contributed by atoms with van der Waals surface area (Å²) in [5, 5.41) is 3.22. The van der Waals surface area contributed by atoms with Crippen LogP contribution in [0.3, 0.4) is 0 Å². The van der Waals surface area contributed by atoms with Gasteiger partial charge in [0.15, 0.2) is 0 Å². The molecule has 2 aromatic heterocycles. The van der Waals surface area contributed by atoms with E-state index in [0.29, 0.717) is 0 Å². The number of benzene rings is 3. The van der Waals surface area contributed by atoms with E-state index in [4.69, 9.17) is 11.6 Å². The highest BCUT2D eigenvalue weighted by Gasteiger charge is 2.35. The summed E-state index contributed by atoms with van der Waals surface area (Å²) >= 11 is 6.19. The number of aromatic amines is 2. The molecule has 0 atom stereocenters. The Morgan fingerprint density at radius 3 is 1.67 bits per heavy atom. The molecule has 2 N–H and O–H groups in total. The molecule has 0 bridgehead atoms.